The van der Waals surface area contributed by atoms with Gasteiger partial charge in [-0.3, -0.25) is 28.2 Å². The molecule has 1 saturated heterocycles. The van der Waals surface area contributed by atoms with Gasteiger partial charge in [0.05, 0.1) is 88.3 Å². The van der Waals surface area contributed by atoms with E-state index in [0.717, 1.165) is 38.4 Å². The number of aliphatic hydroxyl groups excluding tert-OH is 3. The highest BCUT2D eigenvalue weighted by Crippen LogP contribution is 2.41. The number of nitrogens with zero attached hydrogens (tertiary/aromatic N) is 3. The van der Waals surface area contributed by atoms with Crippen LogP contribution >= 0.6 is 116 Å². The van der Waals surface area contributed by atoms with Gasteiger partial charge in [0.1, 0.15) is 28.0 Å². The molecule has 4 atom stereocenters. The Morgan fingerprint density at radius 2 is 0.813 bits per heavy atom. The Hall–Kier alpha value is -6.65. The molecule has 4 unspecified atom stereocenters. The molecule has 0 saturated carbocycles. The SMILES string of the molecule is C=C(CCC)C(=O)c1ccc(Cl)c(Cl)c1.CC(C)(C)OC(=O)OC(=O)OC(C)(C)C.CCCC(CN(CCO)C(=O)OC(C)(C)C)C(=O)c1ccc(Cl)c(Cl)c1.CCCC(CN(CCOS(C)(=O)=O)C(=O)OC(C)(C)C)C(=O)c1ccc(Cl)c(Cl)c1.CCCC(CNCCO)C(=O)c1ccc(Cl)c(Cl)c1.CCCC1(C(=O)c2ccc(Cl)c(Cl)c2)CCN(C(=O)OC(C)(C)C)C1.NCCO. The fourth-order valence-corrected chi connectivity index (χ4v) is 14.1. The second kappa shape index (κ2) is 62.4. The molecule has 754 valence electrons. The van der Waals surface area contributed by atoms with Crippen LogP contribution < -0.4 is 11.1 Å². The summed E-state index contributed by atoms with van der Waals surface area (Å²) < 4.78 is 57.3. The number of amides is 3. The maximum atomic E-state index is 13.2. The van der Waals surface area contributed by atoms with Crippen molar-refractivity contribution in [2.45, 2.75) is 237 Å². The number of nitrogens with two attached hydrogens (primary N) is 1. The van der Waals surface area contributed by atoms with E-state index in [1.807, 2.05) is 55.4 Å². The van der Waals surface area contributed by atoms with E-state index in [-0.39, 0.29) is 98.6 Å². The lowest BCUT2D eigenvalue weighted by atomic mass is 9.76. The van der Waals surface area contributed by atoms with Crippen LogP contribution in [0.25, 0.3) is 0 Å². The number of ether oxygens (including phenoxy) is 6. The predicted molar refractivity (Wildman–Crippen MR) is 536 cm³/mol. The summed E-state index contributed by atoms with van der Waals surface area (Å²) in [6.07, 6.45) is 5.39. The number of aliphatic hydroxyl groups is 3. The number of Topliss-reactive ketones (excluding diaryl/α,β-unsaturated/α-hetero) is 5. The Balaban J connectivity index is 0.00000160. The summed E-state index contributed by atoms with van der Waals surface area (Å²) in [6.45, 7) is 42.1. The first-order valence-corrected chi connectivity index (χ1v) is 49.4. The van der Waals surface area contributed by atoms with E-state index >= 15 is 0 Å². The topological polar surface area (TPSA) is 378 Å². The number of rotatable bonds is 35. The standard InChI is InChI=1S/C20H29Cl2NO6S.C19H27Cl2NO4.C19H25Cl2NO3.C14H19Cl2NO2.C12H12Cl2O.C10H18O5.C2H7NO/c1-6-7-15(18(24)14-8-9-16(21)17(22)12-14)13-23(10-11-28-30(5,26)27)19(25)29-20(2,3)4;1-5-6-14(17(24)13-7-8-15(20)16(21)11-13)12-22(9-10-23)18(25)26-19(2,3)4;1-5-8-19(16(23)13-6-7-14(20)15(21)11-13)9-10-22(12-19)17(24)25-18(2,3)4;1-2-3-11(9-17-6-7-18)14(19)10-4-5-12(15)13(16)8-10;1-3-4-8(2)12(15)9-5-6-10(13)11(14)7-9;1-9(2,3)14-7(11)13-8(12)15-10(4,5)6;3-1-2-4/h8-9,12,15H,6-7,10-11,13H2,1-5H3;7-8,11,14,23H,5-6,9-10,12H2,1-4H3;6-7,11H,5,8-10,12H2,1-4H3;4-5,8,11,17-18H,2-3,6-7,9H2,1H3;5-7H,2-4H2,1H3;1-6H3;4H,1-3H2. The van der Waals surface area contributed by atoms with Gasteiger partial charge in [0, 0.05) is 104 Å². The molecule has 134 heavy (non-hydrogen) atoms. The van der Waals surface area contributed by atoms with Crippen LogP contribution in [0.1, 0.15) is 261 Å². The molecular weight excluding hydrogens is 1960 g/mol. The number of ketones is 5. The van der Waals surface area contributed by atoms with E-state index in [9.17, 15) is 61.5 Å². The van der Waals surface area contributed by atoms with Crippen molar-refractivity contribution < 1.29 is 104 Å². The summed E-state index contributed by atoms with van der Waals surface area (Å²) in [5.41, 5.74) is 3.94. The molecule has 0 aromatic heterocycles. The van der Waals surface area contributed by atoms with Gasteiger partial charge in [-0.2, -0.15) is 8.42 Å². The molecule has 0 aliphatic carbocycles. The van der Waals surface area contributed by atoms with Crippen LogP contribution in [-0.2, 0) is 42.7 Å². The van der Waals surface area contributed by atoms with E-state index in [0.29, 0.717) is 150 Å². The highest BCUT2D eigenvalue weighted by molar-refractivity contribution is 7.86. The molecule has 6 N–H and O–H groups in total. The van der Waals surface area contributed by atoms with Crippen LogP contribution in [-0.4, -0.2) is 218 Å². The summed E-state index contributed by atoms with van der Waals surface area (Å²) in [5, 5.41) is 32.6. The molecule has 6 rings (SSSR count). The fourth-order valence-electron chi connectivity index (χ4n) is 12.3. The highest BCUT2D eigenvalue weighted by Gasteiger charge is 2.47. The van der Waals surface area contributed by atoms with Crippen molar-refractivity contribution >= 4 is 186 Å². The zero-order valence-corrected chi connectivity index (χ0v) is 89.2. The van der Waals surface area contributed by atoms with E-state index in [4.69, 9.17) is 160 Å². The normalized spacial score (nSPS) is 13.6. The molecule has 27 nitrogen and oxygen atoms in total. The van der Waals surface area contributed by atoms with Crippen molar-refractivity contribution in [2.75, 3.05) is 91.6 Å². The Bertz CT molecular complexity index is 4700. The lowest BCUT2D eigenvalue weighted by Gasteiger charge is -2.30. The Morgan fingerprint density at radius 1 is 0.470 bits per heavy atom. The number of benzene rings is 5. The predicted octanol–water partition coefficient (Wildman–Crippen LogP) is 24.7. The van der Waals surface area contributed by atoms with Gasteiger partial charge >= 0.3 is 30.6 Å². The number of halogens is 10. The number of carbonyl (C=O) groups is 10. The van der Waals surface area contributed by atoms with Gasteiger partial charge in [-0.15, -0.1) is 0 Å². The average molecular weight is 2100 g/mol. The third-order valence-electron chi connectivity index (χ3n) is 18.1. The van der Waals surface area contributed by atoms with Crippen LogP contribution in [0.15, 0.2) is 103 Å². The number of allylic oxidation sites excluding steroid dienone is 1. The van der Waals surface area contributed by atoms with Gasteiger partial charge in [0.25, 0.3) is 10.1 Å². The summed E-state index contributed by atoms with van der Waals surface area (Å²) in [7, 11) is -3.66. The molecule has 1 fully saturated rings. The molecule has 0 radical (unpaired) electrons. The largest absolute Gasteiger partial charge is 0.519 e. The Labute approximate surface area is 842 Å². The summed E-state index contributed by atoms with van der Waals surface area (Å²) >= 11 is 59.3. The molecular formula is C96H137Cl10N5O22S. The molecule has 3 amide bonds. The lowest BCUT2D eigenvalue weighted by molar-refractivity contribution is -0.0296. The Kier molecular flexibility index (Phi) is 59.3. The molecule has 38 heteroatoms. The van der Waals surface area contributed by atoms with Crippen LogP contribution in [0.5, 0.6) is 0 Å². The Morgan fingerprint density at radius 3 is 1.14 bits per heavy atom. The highest BCUT2D eigenvalue weighted by atomic mass is 35.5. The van der Waals surface area contributed by atoms with E-state index < -0.39 is 79.9 Å². The van der Waals surface area contributed by atoms with Crippen molar-refractivity contribution in [1.82, 2.24) is 20.0 Å². The molecule has 1 heterocycles. The number of nitrogens with one attached hydrogen (secondary N) is 1. The average Bonchev–Trinajstić information content (AvgIpc) is 1.63. The van der Waals surface area contributed by atoms with E-state index in [1.54, 1.807) is 173 Å². The first kappa shape index (κ1) is 127. The minimum Gasteiger partial charge on any atom is -0.444 e. The molecule has 5 aromatic rings. The third-order valence-corrected chi connectivity index (χ3v) is 22.3. The minimum atomic E-state index is -3.66. The smallest absolute Gasteiger partial charge is 0.444 e. The first-order chi connectivity index (χ1) is 62.0. The third kappa shape index (κ3) is 52.4. The zero-order chi connectivity index (χ0) is 103. The van der Waals surface area contributed by atoms with Crippen LogP contribution in [0.2, 0.25) is 50.2 Å². The van der Waals surface area contributed by atoms with Gasteiger partial charge in [0.2, 0.25) is 0 Å². The maximum Gasteiger partial charge on any atom is 0.519 e. The van der Waals surface area contributed by atoms with Gasteiger partial charge < -0.3 is 69.5 Å². The van der Waals surface area contributed by atoms with Crippen LogP contribution in [0.4, 0.5) is 24.0 Å². The van der Waals surface area contributed by atoms with E-state index in [1.165, 1.54) is 15.9 Å². The quantitative estimate of drug-likeness (QED) is 0.00478. The van der Waals surface area contributed by atoms with Crippen molar-refractivity contribution in [3.63, 3.8) is 0 Å². The molecule has 1 aliphatic heterocycles. The molecule has 0 bridgehead atoms. The number of hydrogen-bond acceptors (Lipinski definition) is 24. The fraction of sp³-hybridized carbons (Fsp3) is 0.562. The molecule has 5 aromatic carbocycles. The summed E-state index contributed by atoms with van der Waals surface area (Å²) in [6, 6.07) is 24.1. The van der Waals surface area contributed by atoms with E-state index in [2.05, 4.69) is 16.6 Å². The van der Waals surface area contributed by atoms with Crippen molar-refractivity contribution in [3.8, 4) is 0 Å². The summed E-state index contributed by atoms with van der Waals surface area (Å²) in [4.78, 5) is 127. The van der Waals surface area contributed by atoms with Gasteiger partial charge in [-0.05, 0) is 239 Å². The number of likely N-dealkylation sites (tertiary alicyclic amines) is 1. The van der Waals surface area contributed by atoms with Crippen molar-refractivity contribution in [2.24, 2.45) is 28.9 Å². The van der Waals surface area contributed by atoms with Crippen molar-refractivity contribution in [3.05, 3.63) is 181 Å². The lowest BCUT2D eigenvalue weighted by Crippen LogP contribution is -2.43. The second-order valence-corrected chi connectivity index (χ2v) is 41.7. The van der Waals surface area contributed by atoms with Crippen LogP contribution in [0.3, 0.4) is 0 Å². The van der Waals surface area contributed by atoms with Gasteiger partial charge in [-0.25, -0.2) is 24.0 Å². The molecule has 0 spiro atoms. The second-order valence-electron chi connectivity index (χ2n) is 36.0. The number of hydrogen-bond donors (Lipinski definition) is 5. The monoisotopic (exact) mass is 2090 g/mol. The van der Waals surface area contributed by atoms with Crippen molar-refractivity contribution in [1.29, 1.82) is 0 Å². The number of carbonyl (C=O) groups excluding carboxylic acids is 10. The first-order valence-electron chi connectivity index (χ1n) is 43.8. The zero-order valence-electron chi connectivity index (χ0n) is 80.8. The minimum absolute atomic E-state index is 0.0129. The van der Waals surface area contributed by atoms with Crippen LogP contribution in [0, 0.1) is 23.2 Å². The molecule has 1 aliphatic rings. The summed E-state index contributed by atoms with van der Waals surface area (Å²) in [5.74, 6) is -1.34. The van der Waals surface area contributed by atoms with Gasteiger partial charge in [0.15, 0.2) is 28.9 Å². The van der Waals surface area contributed by atoms with Gasteiger partial charge in [-0.1, -0.05) is 189 Å². The maximum absolute atomic E-state index is 13.2.